The summed E-state index contributed by atoms with van der Waals surface area (Å²) in [5.41, 5.74) is 0. The first-order valence-corrected chi connectivity index (χ1v) is 11.3. The standard InChI is InChI=1S/C9H19N3O6S3/c10-21(17,18)12-5-3-11(4-6-12)20(15,16)9-1-7-19(13,14)8-2-9/h9H,1-8H2,(H2,10,17,18). The van der Waals surface area contributed by atoms with Gasteiger partial charge in [-0.3, -0.25) is 0 Å². The topological polar surface area (TPSA) is 135 Å². The van der Waals surface area contributed by atoms with Crippen LogP contribution < -0.4 is 5.14 Å². The number of sulfonamides is 1. The summed E-state index contributed by atoms with van der Waals surface area (Å²) in [6.45, 7) is 0.121. The predicted octanol–water partition coefficient (Wildman–Crippen LogP) is -2.29. The van der Waals surface area contributed by atoms with Crippen molar-refractivity contribution in [2.75, 3.05) is 37.7 Å². The van der Waals surface area contributed by atoms with Gasteiger partial charge in [-0.05, 0) is 12.8 Å². The Bertz CT molecular complexity index is 677. The van der Waals surface area contributed by atoms with E-state index in [2.05, 4.69) is 0 Å². The lowest BCUT2D eigenvalue weighted by Gasteiger charge is -2.35. The maximum Gasteiger partial charge on any atom is 0.276 e. The van der Waals surface area contributed by atoms with Gasteiger partial charge in [-0.15, -0.1) is 0 Å². The summed E-state index contributed by atoms with van der Waals surface area (Å²) in [6.07, 6.45) is 0.195. The lowest BCUT2D eigenvalue weighted by atomic mass is 10.2. The van der Waals surface area contributed by atoms with E-state index in [1.54, 1.807) is 0 Å². The molecule has 2 aliphatic heterocycles. The highest BCUT2D eigenvalue weighted by Crippen LogP contribution is 2.23. The third kappa shape index (κ3) is 3.93. The van der Waals surface area contributed by atoms with Crippen molar-refractivity contribution in [3.05, 3.63) is 0 Å². The Morgan fingerprint density at radius 3 is 1.71 bits per heavy atom. The summed E-state index contributed by atoms with van der Waals surface area (Å²) in [4.78, 5) is 0. The van der Waals surface area contributed by atoms with E-state index >= 15 is 0 Å². The van der Waals surface area contributed by atoms with Crippen molar-refractivity contribution in [3.63, 3.8) is 0 Å². The monoisotopic (exact) mass is 361 g/mol. The molecule has 2 saturated heterocycles. The number of hydrogen-bond donors (Lipinski definition) is 1. The first kappa shape index (κ1) is 17.1. The second-order valence-corrected chi connectivity index (χ2v) is 11.3. The Morgan fingerprint density at radius 1 is 0.857 bits per heavy atom. The zero-order valence-electron chi connectivity index (χ0n) is 11.4. The van der Waals surface area contributed by atoms with Gasteiger partial charge in [0.05, 0.1) is 16.8 Å². The van der Waals surface area contributed by atoms with Crippen LogP contribution in [0.3, 0.4) is 0 Å². The van der Waals surface area contributed by atoms with E-state index in [1.807, 2.05) is 0 Å². The summed E-state index contributed by atoms with van der Waals surface area (Å²) in [7, 11) is -10.5. The molecule has 0 aromatic heterocycles. The van der Waals surface area contributed by atoms with Crippen LogP contribution in [-0.2, 0) is 30.1 Å². The van der Waals surface area contributed by atoms with Gasteiger partial charge in [-0.2, -0.15) is 17.0 Å². The van der Waals surface area contributed by atoms with Crippen LogP contribution in [0.25, 0.3) is 0 Å². The van der Waals surface area contributed by atoms with Gasteiger partial charge in [0, 0.05) is 26.2 Å². The van der Waals surface area contributed by atoms with Crippen molar-refractivity contribution in [1.29, 1.82) is 0 Å². The molecule has 0 bridgehead atoms. The molecule has 0 unspecified atom stereocenters. The van der Waals surface area contributed by atoms with Crippen LogP contribution in [-0.4, -0.2) is 76.8 Å². The average molecular weight is 361 g/mol. The Hall–Kier alpha value is -0.270. The molecule has 2 rings (SSSR count). The van der Waals surface area contributed by atoms with Gasteiger partial charge >= 0.3 is 0 Å². The van der Waals surface area contributed by atoms with E-state index in [0.717, 1.165) is 4.31 Å². The highest BCUT2D eigenvalue weighted by Gasteiger charge is 2.38. The van der Waals surface area contributed by atoms with Crippen molar-refractivity contribution < 1.29 is 25.3 Å². The molecule has 0 aromatic rings. The first-order chi connectivity index (χ1) is 9.52. The van der Waals surface area contributed by atoms with Crippen molar-refractivity contribution >= 4 is 30.1 Å². The van der Waals surface area contributed by atoms with Crippen molar-refractivity contribution in [1.82, 2.24) is 8.61 Å². The third-order valence-corrected chi connectivity index (χ3v) is 9.04. The molecule has 0 spiro atoms. The molecule has 0 saturated carbocycles. The molecule has 0 radical (unpaired) electrons. The van der Waals surface area contributed by atoms with Crippen LogP contribution in [0.4, 0.5) is 0 Å². The number of sulfone groups is 1. The largest absolute Gasteiger partial charge is 0.276 e. The molecule has 21 heavy (non-hydrogen) atoms. The van der Waals surface area contributed by atoms with E-state index in [0.29, 0.717) is 0 Å². The second-order valence-electron chi connectivity index (χ2n) is 5.24. The molecular weight excluding hydrogens is 342 g/mol. The fourth-order valence-electron chi connectivity index (χ4n) is 2.56. The summed E-state index contributed by atoms with van der Waals surface area (Å²) < 4.78 is 72.2. The average Bonchev–Trinajstić information content (AvgIpc) is 2.37. The Morgan fingerprint density at radius 2 is 1.29 bits per heavy atom. The lowest BCUT2D eigenvalue weighted by molar-refractivity contribution is 0.270. The molecule has 9 nitrogen and oxygen atoms in total. The fourth-order valence-corrected chi connectivity index (χ4v) is 6.94. The predicted molar refractivity (Wildman–Crippen MR) is 76.8 cm³/mol. The van der Waals surface area contributed by atoms with Crippen LogP contribution >= 0.6 is 0 Å². The normalized spacial score (nSPS) is 26.7. The van der Waals surface area contributed by atoms with Gasteiger partial charge in [-0.1, -0.05) is 0 Å². The van der Waals surface area contributed by atoms with Crippen LogP contribution in [0.2, 0.25) is 0 Å². The Kier molecular flexibility index (Phi) is 4.67. The number of piperazine rings is 1. The molecule has 124 valence electrons. The second kappa shape index (κ2) is 5.74. The fraction of sp³-hybridized carbons (Fsp3) is 1.00. The highest BCUT2D eigenvalue weighted by molar-refractivity contribution is 7.92. The molecular formula is C9H19N3O6S3. The van der Waals surface area contributed by atoms with E-state index in [4.69, 9.17) is 5.14 Å². The summed E-state index contributed by atoms with van der Waals surface area (Å²) in [5, 5.41) is 4.29. The third-order valence-electron chi connectivity index (χ3n) is 3.84. The van der Waals surface area contributed by atoms with Crippen molar-refractivity contribution in [2.45, 2.75) is 18.1 Å². The van der Waals surface area contributed by atoms with Gasteiger partial charge in [0.15, 0.2) is 0 Å². The van der Waals surface area contributed by atoms with E-state index in [1.165, 1.54) is 4.31 Å². The molecule has 2 aliphatic rings. The SMILES string of the molecule is NS(=O)(=O)N1CCN(S(=O)(=O)C2CCS(=O)(=O)CC2)CC1. The summed E-state index contributed by atoms with van der Waals surface area (Å²) in [6, 6.07) is 0. The van der Waals surface area contributed by atoms with Crippen LogP contribution in [0.15, 0.2) is 0 Å². The summed E-state index contributed by atoms with van der Waals surface area (Å²) in [5.74, 6) is -0.234. The maximum atomic E-state index is 12.4. The number of nitrogens with zero attached hydrogens (tertiary/aromatic N) is 2. The minimum atomic E-state index is -3.80. The van der Waals surface area contributed by atoms with Gasteiger partial charge < -0.3 is 0 Å². The molecule has 2 heterocycles. The van der Waals surface area contributed by atoms with Crippen LogP contribution in [0.1, 0.15) is 12.8 Å². The molecule has 0 atom stereocenters. The maximum absolute atomic E-state index is 12.4. The zero-order valence-corrected chi connectivity index (χ0v) is 13.8. The Labute approximate surface area is 125 Å². The Balaban J connectivity index is 2.02. The van der Waals surface area contributed by atoms with Crippen molar-refractivity contribution in [2.24, 2.45) is 5.14 Å². The lowest BCUT2D eigenvalue weighted by Crippen LogP contribution is -2.54. The van der Waals surface area contributed by atoms with Crippen molar-refractivity contribution in [3.8, 4) is 0 Å². The minimum absolute atomic E-state index is 0.0169. The first-order valence-electron chi connectivity index (χ1n) is 6.50. The molecule has 2 N–H and O–H groups in total. The minimum Gasteiger partial charge on any atom is -0.229 e. The van der Waals surface area contributed by atoms with Gasteiger partial charge in [0.2, 0.25) is 10.0 Å². The number of rotatable bonds is 3. The van der Waals surface area contributed by atoms with E-state index < -0.39 is 35.3 Å². The van der Waals surface area contributed by atoms with Gasteiger partial charge in [0.1, 0.15) is 9.84 Å². The molecule has 12 heteroatoms. The molecule has 2 fully saturated rings. The smallest absolute Gasteiger partial charge is 0.229 e. The number of hydrogen-bond acceptors (Lipinski definition) is 6. The molecule has 0 amide bonds. The van der Waals surface area contributed by atoms with E-state index in [-0.39, 0.29) is 50.5 Å². The van der Waals surface area contributed by atoms with Crippen LogP contribution in [0, 0.1) is 0 Å². The van der Waals surface area contributed by atoms with Gasteiger partial charge in [-0.25, -0.2) is 22.0 Å². The molecule has 0 aromatic carbocycles. The van der Waals surface area contributed by atoms with Gasteiger partial charge in [0.25, 0.3) is 10.2 Å². The summed E-state index contributed by atoms with van der Waals surface area (Å²) >= 11 is 0. The number of nitrogens with two attached hydrogens (primary N) is 1. The molecule has 0 aliphatic carbocycles. The highest BCUT2D eigenvalue weighted by atomic mass is 32.2. The van der Waals surface area contributed by atoms with Crippen LogP contribution in [0.5, 0.6) is 0 Å². The quantitative estimate of drug-likeness (QED) is 0.601. The zero-order chi connectivity index (χ0) is 15.9. The van der Waals surface area contributed by atoms with E-state index in [9.17, 15) is 25.3 Å².